The Hall–Kier alpha value is -3.28. The summed E-state index contributed by atoms with van der Waals surface area (Å²) in [4.78, 5) is 38.9. The number of H-pyrrole nitrogens is 1. The van der Waals surface area contributed by atoms with Crippen LogP contribution < -0.4 is 11.2 Å². The average molecular weight is 523 g/mol. The minimum atomic E-state index is -4.18. The maximum Gasteiger partial charge on any atom is 0.346 e. The molecule has 2 aromatic heterocycles. The van der Waals surface area contributed by atoms with Crippen molar-refractivity contribution < 1.29 is 22.7 Å². The second-order valence-electron chi connectivity index (χ2n) is 7.87. The zero-order valence-corrected chi connectivity index (χ0v) is 20.0. The van der Waals surface area contributed by atoms with Gasteiger partial charge in [-0.25, -0.2) is 27.0 Å². The quantitative estimate of drug-likeness (QED) is 0.382. The Bertz CT molecular complexity index is 1700. The van der Waals surface area contributed by atoms with E-state index in [9.17, 15) is 32.3 Å². The molecule has 0 aliphatic heterocycles. The number of benzene rings is 2. The van der Waals surface area contributed by atoms with Gasteiger partial charge in [0.15, 0.2) is 9.84 Å². The molecule has 0 spiro atoms. The summed E-state index contributed by atoms with van der Waals surface area (Å²) in [6, 6.07) is 9.02. The predicted octanol–water partition coefficient (Wildman–Crippen LogP) is 3.94. The number of aromatic amines is 1. The maximum absolute atomic E-state index is 14.8. The lowest BCUT2D eigenvalue weighted by atomic mass is 10.0. The summed E-state index contributed by atoms with van der Waals surface area (Å²) in [6.45, 7) is 2.90. The van der Waals surface area contributed by atoms with E-state index < -0.39 is 43.3 Å². The van der Waals surface area contributed by atoms with Gasteiger partial charge in [-0.2, -0.15) is 0 Å². The predicted molar refractivity (Wildman–Crippen MR) is 127 cm³/mol. The summed E-state index contributed by atoms with van der Waals surface area (Å²) >= 11 is 6.75. The smallest absolute Gasteiger partial charge is 0.346 e. The van der Waals surface area contributed by atoms with E-state index in [2.05, 4.69) is 4.98 Å². The number of thiophene rings is 1. The van der Waals surface area contributed by atoms with Crippen molar-refractivity contribution in [3.8, 4) is 5.69 Å². The molecule has 4 rings (SSSR count). The lowest BCUT2D eigenvalue weighted by molar-refractivity contribution is 0.0704. The molecule has 0 bridgehead atoms. The molecular formula is C22H16ClFN2O6S2. The molecule has 4 aromatic rings. The largest absolute Gasteiger partial charge is 0.477 e. The molecule has 2 heterocycles. The van der Waals surface area contributed by atoms with Crippen LogP contribution in [0.25, 0.3) is 16.6 Å². The van der Waals surface area contributed by atoms with E-state index in [4.69, 9.17) is 11.6 Å². The number of nitrogens with zero attached hydrogens (tertiary/aromatic N) is 1. The van der Waals surface area contributed by atoms with Crippen molar-refractivity contribution in [2.75, 3.05) is 0 Å². The van der Waals surface area contributed by atoms with Crippen molar-refractivity contribution in [1.82, 2.24) is 9.55 Å². The highest BCUT2D eigenvalue weighted by Crippen LogP contribution is 2.36. The number of rotatable bonds is 5. The first-order valence-corrected chi connectivity index (χ1v) is 12.4. The van der Waals surface area contributed by atoms with Crippen LogP contribution in [0.5, 0.6) is 0 Å². The Morgan fingerprint density at radius 1 is 1.18 bits per heavy atom. The molecule has 0 amide bonds. The fourth-order valence-electron chi connectivity index (χ4n) is 3.56. The number of aromatic nitrogens is 2. The highest BCUT2D eigenvalue weighted by atomic mass is 35.5. The second kappa shape index (κ2) is 8.19. The Balaban J connectivity index is 1.96. The van der Waals surface area contributed by atoms with Gasteiger partial charge in [-0.05, 0) is 49.7 Å². The van der Waals surface area contributed by atoms with E-state index in [1.54, 1.807) is 18.2 Å². The molecule has 0 radical (unpaired) electrons. The molecule has 0 aliphatic rings. The van der Waals surface area contributed by atoms with Gasteiger partial charge in [0.1, 0.15) is 10.7 Å². The van der Waals surface area contributed by atoms with Crippen molar-refractivity contribution >= 4 is 49.6 Å². The normalized spacial score (nSPS) is 12.2. The zero-order chi connectivity index (χ0) is 25.0. The van der Waals surface area contributed by atoms with E-state index >= 15 is 0 Å². The molecule has 176 valence electrons. The van der Waals surface area contributed by atoms with Gasteiger partial charge in [0.2, 0.25) is 0 Å². The molecule has 34 heavy (non-hydrogen) atoms. The molecule has 0 unspecified atom stereocenters. The molecule has 0 fully saturated rings. The van der Waals surface area contributed by atoms with Gasteiger partial charge in [0, 0.05) is 10.4 Å². The average Bonchev–Trinajstić information content (AvgIpc) is 3.19. The third kappa shape index (κ3) is 3.65. The van der Waals surface area contributed by atoms with Crippen LogP contribution in [0.3, 0.4) is 0 Å². The van der Waals surface area contributed by atoms with Crippen molar-refractivity contribution in [2.24, 2.45) is 0 Å². The number of carbonyl (C=O) groups is 1. The highest BCUT2D eigenvalue weighted by Gasteiger charge is 2.38. The Labute approximate surface area is 200 Å². The Morgan fingerprint density at radius 3 is 2.53 bits per heavy atom. The van der Waals surface area contributed by atoms with Crippen LogP contribution in [0.4, 0.5) is 4.39 Å². The van der Waals surface area contributed by atoms with E-state index in [0.29, 0.717) is 15.2 Å². The Morgan fingerprint density at radius 2 is 1.88 bits per heavy atom. The van der Waals surface area contributed by atoms with Gasteiger partial charge >= 0.3 is 11.7 Å². The monoisotopic (exact) mass is 522 g/mol. The number of fused-ring (bicyclic) bond motifs is 1. The molecule has 2 aromatic carbocycles. The summed E-state index contributed by atoms with van der Waals surface area (Å²) in [5.74, 6) is -2.44. The Kier molecular flexibility index (Phi) is 5.75. The van der Waals surface area contributed by atoms with E-state index in [-0.39, 0.29) is 20.7 Å². The number of carboxylic acids is 1. The van der Waals surface area contributed by atoms with E-state index in [1.165, 1.54) is 25.3 Å². The third-order valence-corrected chi connectivity index (χ3v) is 9.16. The molecule has 8 nitrogen and oxygen atoms in total. The fraction of sp³-hybridized carbons (Fsp3) is 0.136. The molecule has 0 atom stereocenters. The second-order valence-corrected chi connectivity index (χ2v) is 11.7. The van der Waals surface area contributed by atoms with Crippen molar-refractivity contribution in [1.29, 1.82) is 0 Å². The van der Waals surface area contributed by atoms with Crippen molar-refractivity contribution in [3.05, 3.63) is 90.0 Å². The first-order valence-electron chi connectivity index (χ1n) is 9.66. The fourth-order valence-corrected chi connectivity index (χ4v) is 6.12. The molecular weight excluding hydrogens is 507 g/mol. The summed E-state index contributed by atoms with van der Waals surface area (Å²) in [5, 5.41) is 10.7. The third-order valence-electron chi connectivity index (χ3n) is 5.51. The highest BCUT2D eigenvalue weighted by molar-refractivity contribution is 7.92. The number of hydrogen-bond acceptors (Lipinski definition) is 6. The number of aromatic carboxylic acids is 1. The lowest BCUT2D eigenvalue weighted by Gasteiger charge is -2.26. The van der Waals surface area contributed by atoms with Crippen LogP contribution in [-0.4, -0.2) is 29.0 Å². The zero-order valence-electron chi connectivity index (χ0n) is 17.6. The van der Waals surface area contributed by atoms with Gasteiger partial charge < -0.3 is 10.1 Å². The standard InChI is InChI=1S/C22H16ClFN2O6S2/c1-22(2,11-4-3-5-12(23)8-11)34(31,32)13-6-7-14(24)16(9-13)26-19(27)17-15(25-21(26)30)10-33-18(17)20(28)29/h3-10H,1-2H3,(H,25,30)(H,28,29). The van der Waals surface area contributed by atoms with Crippen LogP contribution in [0.2, 0.25) is 5.02 Å². The maximum atomic E-state index is 14.8. The summed E-state index contributed by atoms with van der Waals surface area (Å²) < 4.78 is 40.8. The van der Waals surface area contributed by atoms with E-state index in [1.807, 2.05) is 0 Å². The lowest BCUT2D eigenvalue weighted by Crippen LogP contribution is -2.35. The van der Waals surface area contributed by atoms with Gasteiger partial charge in [0.25, 0.3) is 5.56 Å². The van der Waals surface area contributed by atoms with Crippen molar-refractivity contribution in [2.45, 2.75) is 23.5 Å². The SMILES string of the molecule is CC(C)(c1cccc(Cl)c1)S(=O)(=O)c1ccc(F)c(-n2c(=O)[nH]c3csc(C(=O)O)c3c2=O)c1. The first kappa shape index (κ1) is 23.9. The molecule has 0 saturated heterocycles. The number of nitrogens with one attached hydrogen (secondary N) is 1. The number of sulfone groups is 1. The summed E-state index contributed by atoms with van der Waals surface area (Å²) in [5.41, 5.74) is -2.39. The van der Waals surface area contributed by atoms with Crippen LogP contribution in [-0.2, 0) is 14.6 Å². The molecule has 12 heteroatoms. The number of halogens is 2. The number of carboxylic acid groups (broad SMARTS) is 1. The molecule has 0 saturated carbocycles. The van der Waals surface area contributed by atoms with Crippen LogP contribution in [0.15, 0.2) is 62.3 Å². The minimum absolute atomic E-state index is 0.0140. The first-order chi connectivity index (χ1) is 15.9. The van der Waals surface area contributed by atoms with Gasteiger partial charge in [-0.15, -0.1) is 11.3 Å². The molecule has 2 N–H and O–H groups in total. The van der Waals surface area contributed by atoms with Gasteiger partial charge in [-0.1, -0.05) is 23.7 Å². The van der Waals surface area contributed by atoms with E-state index in [0.717, 1.165) is 29.5 Å². The van der Waals surface area contributed by atoms with Crippen LogP contribution in [0.1, 0.15) is 29.1 Å². The summed E-state index contributed by atoms with van der Waals surface area (Å²) in [7, 11) is -4.18. The van der Waals surface area contributed by atoms with Crippen molar-refractivity contribution in [3.63, 3.8) is 0 Å². The van der Waals surface area contributed by atoms with Gasteiger partial charge in [-0.3, -0.25) is 4.79 Å². The molecule has 0 aliphatic carbocycles. The van der Waals surface area contributed by atoms with Crippen LogP contribution >= 0.6 is 22.9 Å². The van der Waals surface area contributed by atoms with Crippen LogP contribution in [0, 0.1) is 5.82 Å². The minimum Gasteiger partial charge on any atom is -0.477 e. The number of hydrogen-bond donors (Lipinski definition) is 2. The topological polar surface area (TPSA) is 126 Å². The summed E-state index contributed by atoms with van der Waals surface area (Å²) in [6.07, 6.45) is 0. The van der Waals surface area contributed by atoms with Gasteiger partial charge in [0.05, 0.1) is 26.2 Å².